The summed E-state index contributed by atoms with van der Waals surface area (Å²) in [5.74, 6) is -0.557. The third kappa shape index (κ3) is 8.03. The molecular weight excluding hydrogens is 430 g/mol. The minimum atomic E-state index is -0.445. The summed E-state index contributed by atoms with van der Waals surface area (Å²) in [7, 11) is 0. The molecule has 0 spiro atoms. The molecule has 3 aromatic rings. The topological polar surface area (TPSA) is 55.7 Å². The van der Waals surface area contributed by atoms with Crippen molar-refractivity contribution in [3.8, 4) is 0 Å². The predicted molar refractivity (Wildman–Crippen MR) is 134 cm³/mol. The number of carbonyl (C=O) groups excluding carboxylic acids is 2. The molecule has 170 valence electrons. The highest BCUT2D eigenvalue weighted by atomic mass is 32.2. The van der Waals surface area contributed by atoms with Gasteiger partial charge in [0.25, 0.3) is 0 Å². The van der Waals surface area contributed by atoms with Gasteiger partial charge in [-0.1, -0.05) is 74.3 Å². The Morgan fingerprint density at radius 2 is 1.39 bits per heavy atom. The van der Waals surface area contributed by atoms with Gasteiger partial charge in [0.2, 0.25) is 5.78 Å². The van der Waals surface area contributed by atoms with Crippen LogP contribution in [0.5, 0.6) is 0 Å². The highest BCUT2D eigenvalue weighted by Gasteiger charge is 2.15. The van der Waals surface area contributed by atoms with Crippen molar-refractivity contribution in [3.05, 3.63) is 96.1 Å². The molecule has 0 fully saturated rings. The molecule has 0 N–H and O–H groups in total. The maximum atomic E-state index is 13.1. The van der Waals surface area contributed by atoms with Crippen LogP contribution >= 0.6 is 11.8 Å². The monoisotopic (exact) mass is 459 g/mol. The second kappa shape index (κ2) is 13.4. The zero-order valence-corrected chi connectivity index (χ0v) is 19.7. The first-order chi connectivity index (χ1) is 16.2. The fourth-order valence-electron chi connectivity index (χ4n) is 3.28. The fourth-order valence-corrected chi connectivity index (χ4v) is 4.11. The predicted octanol–water partition coefficient (Wildman–Crippen LogP) is 7.25. The second-order valence-corrected chi connectivity index (χ2v) is 8.76. The van der Waals surface area contributed by atoms with Crippen molar-refractivity contribution in [2.24, 2.45) is 4.99 Å². The number of ether oxygens (including phenoxy) is 1. The van der Waals surface area contributed by atoms with Crippen LogP contribution < -0.4 is 0 Å². The third-order valence-corrected chi connectivity index (χ3v) is 6.10. The zero-order chi connectivity index (χ0) is 23.3. The minimum absolute atomic E-state index is 0.112. The number of rotatable bonds is 12. The Hall–Kier alpha value is -3.18. The van der Waals surface area contributed by atoms with Gasteiger partial charge in [0.1, 0.15) is 0 Å². The van der Waals surface area contributed by atoms with Crippen LogP contribution in [0.2, 0.25) is 0 Å². The van der Waals surface area contributed by atoms with Crippen LogP contribution in [0.1, 0.15) is 59.7 Å². The number of Topliss-reactive ketones (excluding diaryl/α,β-unsaturated/α-hetero) is 1. The summed E-state index contributed by atoms with van der Waals surface area (Å²) in [6, 6.07) is 26.5. The van der Waals surface area contributed by atoms with Gasteiger partial charge in [-0.25, -0.2) is 9.79 Å². The molecule has 0 amide bonds. The summed E-state index contributed by atoms with van der Waals surface area (Å²) in [6.45, 7) is 1.99. The second-order valence-electron chi connectivity index (χ2n) is 7.61. The van der Waals surface area contributed by atoms with Crippen LogP contribution in [0.3, 0.4) is 0 Å². The van der Waals surface area contributed by atoms with E-state index >= 15 is 0 Å². The van der Waals surface area contributed by atoms with E-state index in [1.807, 2.05) is 48.5 Å². The minimum Gasteiger partial charge on any atom is -0.439 e. The summed E-state index contributed by atoms with van der Waals surface area (Å²) in [4.78, 5) is 31.9. The van der Waals surface area contributed by atoms with Crippen LogP contribution in [0, 0.1) is 0 Å². The smallest absolute Gasteiger partial charge is 0.339 e. The lowest BCUT2D eigenvalue weighted by atomic mass is 10.0. The average Bonchev–Trinajstić information content (AvgIpc) is 2.86. The van der Waals surface area contributed by atoms with Crippen LogP contribution in [0.25, 0.3) is 0 Å². The maximum Gasteiger partial charge on any atom is 0.339 e. The van der Waals surface area contributed by atoms with Crippen molar-refractivity contribution >= 4 is 29.2 Å². The van der Waals surface area contributed by atoms with Crippen LogP contribution in [0.15, 0.2) is 99.7 Å². The van der Waals surface area contributed by atoms with E-state index in [1.54, 1.807) is 36.0 Å². The van der Waals surface area contributed by atoms with Crippen LogP contribution in [0.4, 0.5) is 0 Å². The molecule has 3 rings (SSSR count). The van der Waals surface area contributed by atoms with E-state index < -0.39 is 5.97 Å². The lowest BCUT2D eigenvalue weighted by Crippen LogP contribution is -2.16. The molecular formula is C28H29NO3S. The van der Waals surface area contributed by atoms with Gasteiger partial charge in [-0.3, -0.25) is 4.79 Å². The largest absolute Gasteiger partial charge is 0.439 e. The van der Waals surface area contributed by atoms with Crippen LogP contribution in [-0.2, 0) is 4.74 Å². The van der Waals surface area contributed by atoms with Gasteiger partial charge in [-0.15, -0.1) is 0 Å². The Kier molecular flexibility index (Phi) is 9.92. The van der Waals surface area contributed by atoms with E-state index in [-0.39, 0.29) is 12.5 Å². The molecule has 4 nitrogen and oxygen atoms in total. The first kappa shape index (κ1) is 24.5. The normalized spacial score (nSPS) is 11.2. The molecule has 3 aromatic carbocycles. The molecule has 0 saturated carbocycles. The molecule has 0 aliphatic rings. The quantitative estimate of drug-likeness (QED) is 0.124. The van der Waals surface area contributed by atoms with Crippen molar-refractivity contribution in [1.82, 2.24) is 0 Å². The summed E-state index contributed by atoms with van der Waals surface area (Å²) in [6.07, 6.45) is 4.74. The Balaban J connectivity index is 1.66. The number of esters is 1. The van der Waals surface area contributed by atoms with Gasteiger partial charge in [-0.2, -0.15) is 0 Å². The number of hydrogen-bond acceptors (Lipinski definition) is 5. The molecule has 0 saturated heterocycles. The number of benzene rings is 3. The van der Waals surface area contributed by atoms with Crippen LogP contribution in [-0.4, -0.2) is 24.2 Å². The zero-order valence-electron chi connectivity index (χ0n) is 18.9. The first-order valence-corrected chi connectivity index (χ1v) is 12.1. The molecule has 0 atom stereocenters. The van der Waals surface area contributed by atoms with Crippen molar-refractivity contribution in [1.29, 1.82) is 0 Å². The molecule has 0 unspecified atom stereocenters. The number of aliphatic imine (C=N–C) groups is 1. The number of carbonyl (C=O) groups is 2. The number of nitrogens with zero attached hydrogens (tertiary/aromatic N) is 1. The van der Waals surface area contributed by atoms with E-state index in [2.05, 4.69) is 24.0 Å². The van der Waals surface area contributed by atoms with Crippen molar-refractivity contribution in [2.75, 3.05) is 6.73 Å². The van der Waals surface area contributed by atoms with E-state index in [1.165, 1.54) is 0 Å². The Morgan fingerprint density at radius 1 is 0.758 bits per heavy atom. The molecule has 33 heavy (non-hydrogen) atoms. The van der Waals surface area contributed by atoms with E-state index in [0.717, 1.165) is 35.5 Å². The van der Waals surface area contributed by atoms with E-state index in [0.29, 0.717) is 23.3 Å². The van der Waals surface area contributed by atoms with Crippen molar-refractivity contribution in [3.63, 3.8) is 0 Å². The highest BCUT2D eigenvalue weighted by molar-refractivity contribution is 7.99. The molecule has 0 aliphatic heterocycles. The number of hydrogen-bond donors (Lipinski definition) is 0. The lowest BCUT2D eigenvalue weighted by Gasteiger charge is -2.08. The summed E-state index contributed by atoms with van der Waals surface area (Å²) in [5, 5.41) is 0. The molecule has 0 aromatic heterocycles. The highest BCUT2D eigenvalue weighted by Crippen LogP contribution is 2.27. The van der Waals surface area contributed by atoms with Crippen molar-refractivity contribution in [2.45, 2.75) is 48.8 Å². The lowest BCUT2D eigenvalue weighted by molar-refractivity contribution is 0.0516. The van der Waals surface area contributed by atoms with Gasteiger partial charge in [-0.05, 0) is 61.4 Å². The van der Waals surface area contributed by atoms with Gasteiger partial charge < -0.3 is 4.74 Å². The average molecular weight is 460 g/mol. The first-order valence-electron chi connectivity index (χ1n) is 11.3. The molecule has 0 bridgehead atoms. The Labute approximate surface area is 200 Å². The SMILES string of the molecule is CCCCCC/C(=N/COC(=O)c1ccccc1)C(=O)c1ccc(Sc2ccccc2)cc1. The van der Waals surface area contributed by atoms with E-state index in [4.69, 9.17) is 4.74 Å². The third-order valence-electron chi connectivity index (χ3n) is 5.09. The molecule has 5 heteroatoms. The van der Waals surface area contributed by atoms with Gasteiger partial charge in [0, 0.05) is 15.4 Å². The molecule has 0 heterocycles. The Morgan fingerprint density at radius 3 is 2.06 bits per heavy atom. The summed E-state index contributed by atoms with van der Waals surface area (Å²) < 4.78 is 5.28. The number of unbranched alkanes of at least 4 members (excludes halogenated alkanes) is 3. The van der Waals surface area contributed by atoms with E-state index in [9.17, 15) is 9.59 Å². The van der Waals surface area contributed by atoms with Gasteiger partial charge >= 0.3 is 5.97 Å². The van der Waals surface area contributed by atoms with Crippen molar-refractivity contribution < 1.29 is 14.3 Å². The number of ketones is 1. The Bertz CT molecular complexity index is 1050. The maximum absolute atomic E-state index is 13.1. The molecule has 0 aliphatic carbocycles. The molecule has 0 radical (unpaired) electrons. The summed E-state index contributed by atoms with van der Waals surface area (Å²) in [5.41, 5.74) is 1.52. The fraction of sp³-hybridized carbons (Fsp3) is 0.250. The summed E-state index contributed by atoms with van der Waals surface area (Å²) >= 11 is 1.65. The van der Waals surface area contributed by atoms with Gasteiger partial charge in [0.15, 0.2) is 6.73 Å². The van der Waals surface area contributed by atoms with Gasteiger partial charge in [0.05, 0.1) is 11.3 Å². The standard InChI is InChI=1S/C28H29NO3S/c1-2-3-4-11-16-26(29-21-32-28(31)23-12-7-5-8-13-23)27(30)22-17-19-25(20-18-22)33-24-14-9-6-10-15-24/h5-10,12-15,17-20H,2-4,11,16,21H2,1H3/b29-26-.